The molecule has 1 amide bonds. The molecule has 1 fully saturated rings. The Hall–Kier alpha value is -2.14. The number of rotatable bonds is 5. The van der Waals surface area contributed by atoms with Gasteiger partial charge >= 0.3 is 0 Å². The van der Waals surface area contributed by atoms with Gasteiger partial charge < -0.3 is 10.1 Å². The number of benzene rings is 1. The van der Waals surface area contributed by atoms with Gasteiger partial charge in [0.05, 0.1) is 12.6 Å². The first-order valence-electron chi connectivity index (χ1n) is 7.27. The van der Waals surface area contributed by atoms with E-state index in [2.05, 4.69) is 10.4 Å². The smallest absolute Gasteiger partial charge is 0.251 e. The van der Waals surface area contributed by atoms with E-state index < -0.39 is 0 Å². The van der Waals surface area contributed by atoms with Gasteiger partial charge in [-0.3, -0.25) is 9.48 Å². The van der Waals surface area contributed by atoms with Crippen LogP contribution in [0.3, 0.4) is 0 Å². The first-order valence-corrected chi connectivity index (χ1v) is 7.27. The van der Waals surface area contributed by atoms with Crippen molar-refractivity contribution in [2.24, 2.45) is 0 Å². The van der Waals surface area contributed by atoms with Gasteiger partial charge in [0.2, 0.25) is 0 Å². The van der Waals surface area contributed by atoms with Crippen molar-refractivity contribution in [1.82, 2.24) is 15.1 Å². The van der Waals surface area contributed by atoms with E-state index >= 15 is 0 Å². The number of hydrogen-bond acceptors (Lipinski definition) is 3. The second-order valence-corrected chi connectivity index (χ2v) is 5.25. The zero-order chi connectivity index (χ0) is 14.5. The monoisotopic (exact) mass is 285 g/mol. The molecule has 1 aliphatic rings. The van der Waals surface area contributed by atoms with Crippen molar-refractivity contribution in [2.45, 2.75) is 25.5 Å². The predicted molar refractivity (Wildman–Crippen MR) is 79.1 cm³/mol. The Morgan fingerprint density at radius 3 is 2.90 bits per heavy atom. The molecule has 0 bridgehead atoms. The molecule has 5 nitrogen and oxygen atoms in total. The molecule has 110 valence electrons. The highest BCUT2D eigenvalue weighted by Gasteiger charge is 2.16. The molecule has 1 aliphatic heterocycles. The summed E-state index contributed by atoms with van der Waals surface area (Å²) in [6.45, 7) is 2.11. The van der Waals surface area contributed by atoms with Crippen molar-refractivity contribution < 1.29 is 9.53 Å². The minimum Gasteiger partial charge on any atom is -0.376 e. The van der Waals surface area contributed by atoms with Crippen molar-refractivity contribution in [1.29, 1.82) is 0 Å². The van der Waals surface area contributed by atoms with Gasteiger partial charge in [-0.25, -0.2) is 0 Å². The summed E-state index contributed by atoms with van der Waals surface area (Å²) in [6, 6.07) is 9.52. The molecule has 1 atom stereocenters. The Kier molecular flexibility index (Phi) is 4.31. The molecule has 3 rings (SSSR count). The first kappa shape index (κ1) is 13.8. The van der Waals surface area contributed by atoms with E-state index in [9.17, 15) is 4.79 Å². The summed E-state index contributed by atoms with van der Waals surface area (Å²) in [6.07, 6.45) is 5.97. The Morgan fingerprint density at radius 1 is 1.38 bits per heavy atom. The fourth-order valence-corrected chi connectivity index (χ4v) is 2.46. The van der Waals surface area contributed by atoms with Gasteiger partial charge in [0.1, 0.15) is 0 Å². The number of nitrogens with zero attached hydrogens (tertiary/aromatic N) is 2. The van der Waals surface area contributed by atoms with Crippen LogP contribution in [-0.4, -0.2) is 34.9 Å². The van der Waals surface area contributed by atoms with E-state index in [1.165, 1.54) is 0 Å². The van der Waals surface area contributed by atoms with E-state index in [4.69, 9.17) is 4.74 Å². The zero-order valence-electron chi connectivity index (χ0n) is 11.9. The van der Waals surface area contributed by atoms with E-state index in [1.807, 2.05) is 41.2 Å². The molecule has 1 saturated heterocycles. The predicted octanol–water partition coefficient (Wildman–Crippen LogP) is 1.84. The number of nitrogens with one attached hydrogen (secondary N) is 1. The number of carbonyl (C=O) groups excluding carboxylic acids is 1. The summed E-state index contributed by atoms with van der Waals surface area (Å²) in [5, 5.41) is 7.09. The Morgan fingerprint density at radius 2 is 2.24 bits per heavy atom. The lowest BCUT2D eigenvalue weighted by atomic mass is 10.1. The lowest BCUT2D eigenvalue weighted by molar-refractivity contribution is 0.0858. The fourth-order valence-electron chi connectivity index (χ4n) is 2.46. The molecule has 21 heavy (non-hydrogen) atoms. The van der Waals surface area contributed by atoms with Crippen LogP contribution >= 0.6 is 0 Å². The number of ether oxygens (including phenoxy) is 1. The van der Waals surface area contributed by atoms with E-state index in [-0.39, 0.29) is 12.0 Å². The molecule has 1 N–H and O–H groups in total. The lowest BCUT2D eigenvalue weighted by Crippen LogP contribution is -2.31. The lowest BCUT2D eigenvalue weighted by Gasteiger charge is -2.11. The third-order valence-corrected chi connectivity index (χ3v) is 3.63. The molecule has 0 aliphatic carbocycles. The van der Waals surface area contributed by atoms with Gasteiger partial charge in [0, 0.05) is 31.1 Å². The first-order chi connectivity index (χ1) is 10.3. The maximum Gasteiger partial charge on any atom is 0.251 e. The Bertz CT molecular complexity index is 572. The number of aromatic nitrogens is 2. The molecular weight excluding hydrogens is 266 g/mol. The van der Waals surface area contributed by atoms with Gasteiger partial charge in [-0.2, -0.15) is 5.10 Å². The molecule has 1 aromatic carbocycles. The zero-order valence-corrected chi connectivity index (χ0v) is 11.9. The Labute approximate surface area is 123 Å². The van der Waals surface area contributed by atoms with Crippen LogP contribution in [-0.2, 0) is 11.3 Å². The molecule has 2 aromatic rings. The summed E-state index contributed by atoms with van der Waals surface area (Å²) in [5.41, 5.74) is 1.80. The topological polar surface area (TPSA) is 56.1 Å². The van der Waals surface area contributed by atoms with Crippen molar-refractivity contribution in [3.05, 3.63) is 53.9 Å². The van der Waals surface area contributed by atoms with Crippen molar-refractivity contribution in [3.8, 4) is 0 Å². The van der Waals surface area contributed by atoms with Gasteiger partial charge in [-0.1, -0.05) is 12.1 Å². The molecule has 0 spiro atoms. The normalized spacial score (nSPS) is 17.8. The van der Waals surface area contributed by atoms with Crippen molar-refractivity contribution >= 4 is 5.91 Å². The molecule has 1 aromatic heterocycles. The average Bonchev–Trinajstić information content (AvgIpc) is 3.19. The van der Waals surface area contributed by atoms with Crippen LogP contribution in [0.1, 0.15) is 28.8 Å². The SMILES string of the molecule is O=C(NCC1CCCO1)c1ccc(Cn2cccn2)cc1. The molecule has 5 heteroatoms. The molecule has 0 saturated carbocycles. The van der Waals surface area contributed by atoms with Crippen LogP contribution < -0.4 is 5.32 Å². The molecule has 2 heterocycles. The third-order valence-electron chi connectivity index (χ3n) is 3.63. The van der Waals surface area contributed by atoms with Crippen LogP contribution in [0.25, 0.3) is 0 Å². The van der Waals surface area contributed by atoms with Crippen LogP contribution in [0.5, 0.6) is 0 Å². The average molecular weight is 285 g/mol. The molecule has 1 unspecified atom stereocenters. The molecular formula is C16H19N3O2. The van der Waals surface area contributed by atoms with Gasteiger partial charge in [-0.15, -0.1) is 0 Å². The quantitative estimate of drug-likeness (QED) is 0.912. The molecule has 0 radical (unpaired) electrons. The third kappa shape index (κ3) is 3.70. The standard InChI is InChI=1S/C16H19N3O2/c20-16(17-11-15-3-1-10-21-15)14-6-4-13(5-7-14)12-19-9-2-8-18-19/h2,4-9,15H,1,3,10-12H2,(H,17,20). The van der Waals surface area contributed by atoms with E-state index in [0.717, 1.165) is 25.0 Å². The van der Waals surface area contributed by atoms with Gasteiger partial charge in [-0.05, 0) is 36.6 Å². The maximum absolute atomic E-state index is 12.0. The highest BCUT2D eigenvalue weighted by molar-refractivity contribution is 5.94. The number of amides is 1. The van der Waals surface area contributed by atoms with Crippen LogP contribution in [0, 0.1) is 0 Å². The number of carbonyl (C=O) groups is 1. The van der Waals surface area contributed by atoms with E-state index in [0.29, 0.717) is 18.7 Å². The minimum absolute atomic E-state index is 0.0452. The summed E-state index contributed by atoms with van der Waals surface area (Å²) < 4.78 is 7.35. The van der Waals surface area contributed by atoms with Crippen LogP contribution in [0.4, 0.5) is 0 Å². The largest absolute Gasteiger partial charge is 0.376 e. The fraction of sp³-hybridized carbons (Fsp3) is 0.375. The van der Waals surface area contributed by atoms with Crippen LogP contribution in [0.2, 0.25) is 0 Å². The number of hydrogen-bond donors (Lipinski definition) is 1. The summed E-state index contributed by atoms with van der Waals surface area (Å²) in [7, 11) is 0. The maximum atomic E-state index is 12.0. The summed E-state index contributed by atoms with van der Waals surface area (Å²) in [4.78, 5) is 12.0. The highest BCUT2D eigenvalue weighted by Crippen LogP contribution is 2.11. The summed E-state index contributed by atoms with van der Waals surface area (Å²) in [5.74, 6) is -0.0452. The van der Waals surface area contributed by atoms with Gasteiger partial charge in [0.25, 0.3) is 5.91 Å². The van der Waals surface area contributed by atoms with Crippen LogP contribution in [0.15, 0.2) is 42.7 Å². The summed E-state index contributed by atoms with van der Waals surface area (Å²) >= 11 is 0. The second-order valence-electron chi connectivity index (χ2n) is 5.25. The minimum atomic E-state index is -0.0452. The Balaban J connectivity index is 1.54. The highest BCUT2D eigenvalue weighted by atomic mass is 16.5. The van der Waals surface area contributed by atoms with Crippen molar-refractivity contribution in [2.75, 3.05) is 13.2 Å². The van der Waals surface area contributed by atoms with Crippen molar-refractivity contribution in [3.63, 3.8) is 0 Å². The van der Waals surface area contributed by atoms with Gasteiger partial charge in [0.15, 0.2) is 0 Å². The van der Waals surface area contributed by atoms with E-state index in [1.54, 1.807) is 6.20 Å². The second kappa shape index (κ2) is 6.54.